The Kier molecular flexibility index (Phi) is 6.22. The van der Waals surface area contributed by atoms with E-state index in [1.54, 1.807) is 12.1 Å². The second-order valence-corrected chi connectivity index (χ2v) is 4.33. The molecule has 0 aliphatic heterocycles. The van der Waals surface area contributed by atoms with E-state index in [1.165, 1.54) is 19.1 Å². The molecule has 0 heterocycles. The lowest BCUT2D eigenvalue weighted by Crippen LogP contribution is -2.33. The summed E-state index contributed by atoms with van der Waals surface area (Å²) in [4.78, 5) is 32.8. The smallest absolute Gasteiger partial charge is 0.335 e. The molecule has 0 radical (unpaired) electrons. The van der Waals surface area contributed by atoms with Crippen molar-refractivity contribution < 1.29 is 19.5 Å². The molecule has 1 aromatic rings. The normalized spacial score (nSPS) is 9.85. The van der Waals surface area contributed by atoms with E-state index in [2.05, 4.69) is 10.6 Å². The molecule has 3 N–H and O–H groups in total. The molecule has 0 saturated heterocycles. The molecule has 2 amide bonds. The van der Waals surface area contributed by atoms with Crippen LogP contribution < -0.4 is 10.6 Å². The molecule has 6 nitrogen and oxygen atoms in total. The van der Waals surface area contributed by atoms with Crippen molar-refractivity contribution in [3.05, 3.63) is 35.4 Å². The zero-order valence-electron chi connectivity index (χ0n) is 11.3. The molecular weight excluding hydrogens is 260 g/mol. The summed E-state index contributed by atoms with van der Waals surface area (Å²) in [5, 5.41) is 14.0. The van der Waals surface area contributed by atoms with Gasteiger partial charge in [0.1, 0.15) is 0 Å². The summed E-state index contributed by atoms with van der Waals surface area (Å²) < 4.78 is 0. The van der Waals surface area contributed by atoms with Crippen molar-refractivity contribution in [1.82, 2.24) is 10.6 Å². The van der Waals surface area contributed by atoms with E-state index in [4.69, 9.17) is 5.11 Å². The Morgan fingerprint density at radius 2 is 1.65 bits per heavy atom. The van der Waals surface area contributed by atoms with Crippen molar-refractivity contribution in [2.75, 3.05) is 13.1 Å². The Balaban J connectivity index is 2.26. The van der Waals surface area contributed by atoms with E-state index in [1.807, 2.05) is 0 Å². The minimum Gasteiger partial charge on any atom is -0.478 e. The van der Waals surface area contributed by atoms with E-state index in [0.29, 0.717) is 25.9 Å². The van der Waals surface area contributed by atoms with Crippen LogP contribution in [-0.2, 0) is 16.0 Å². The summed E-state index contributed by atoms with van der Waals surface area (Å²) >= 11 is 0. The Bertz CT molecular complexity index is 482. The first-order valence-corrected chi connectivity index (χ1v) is 6.32. The van der Waals surface area contributed by atoms with Crippen LogP contribution in [0.2, 0.25) is 0 Å². The molecule has 0 atom stereocenters. The van der Waals surface area contributed by atoms with Crippen LogP contribution in [0, 0.1) is 0 Å². The van der Waals surface area contributed by atoms with Gasteiger partial charge in [-0.2, -0.15) is 0 Å². The molecule has 0 spiro atoms. The van der Waals surface area contributed by atoms with Crippen molar-refractivity contribution >= 4 is 17.8 Å². The van der Waals surface area contributed by atoms with Gasteiger partial charge in [0, 0.05) is 26.4 Å². The molecule has 1 rings (SSSR count). The Morgan fingerprint density at radius 1 is 1.05 bits per heavy atom. The molecule has 0 fully saturated rings. The fourth-order valence-corrected chi connectivity index (χ4v) is 1.60. The van der Waals surface area contributed by atoms with Crippen molar-refractivity contribution in [2.24, 2.45) is 0 Å². The van der Waals surface area contributed by atoms with Gasteiger partial charge in [0.05, 0.1) is 5.56 Å². The summed E-state index contributed by atoms with van der Waals surface area (Å²) in [5.41, 5.74) is 1.14. The number of hydrogen-bond donors (Lipinski definition) is 3. The highest BCUT2D eigenvalue weighted by molar-refractivity contribution is 5.87. The monoisotopic (exact) mass is 278 g/mol. The minimum atomic E-state index is -0.965. The number of amides is 2. The molecule has 0 aliphatic rings. The van der Waals surface area contributed by atoms with Gasteiger partial charge in [0.15, 0.2) is 0 Å². The first-order valence-electron chi connectivity index (χ1n) is 6.32. The highest BCUT2D eigenvalue weighted by Crippen LogP contribution is 2.06. The van der Waals surface area contributed by atoms with Crippen LogP contribution in [0.1, 0.15) is 29.3 Å². The zero-order valence-corrected chi connectivity index (χ0v) is 11.3. The Labute approximate surface area is 117 Å². The number of rotatable bonds is 7. The van der Waals surface area contributed by atoms with Crippen molar-refractivity contribution in [3.8, 4) is 0 Å². The van der Waals surface area contributed by atoms with Crippen molar-refractivity contribution in [1.29, 1.82) is 0 Å². The molecule has 1 aromatic carbocycles. The highest BCUT2D eigenvalue weighted by Gasteiger charge is 2.04. The SMILES string of the molecule is CC(=O)NCCNC(=O)CCc1ccc(C(=O)O)cc1. The lowest BCUT2D eigenvalue weighted by Gasteiger charge is -2.06. The Morgan fingerprint density at radius 3 is 2.20 bits per heavy atom. The lowest BCUT2D eigenvalue weighted by molar-refractivity contribution is -0.122. The predicted molar refractivity (Wildman–Crippen MR) is 73.4 cm³/mol. The summed E-state index contributed by atoms with van der Waals surface area (Å²) in [6.45, 7) is 2.23. The zero-order chi connectivity index (χ0) is 15.0. The quantitative estimate of drug-likeness (QED) is 0.635. The Hall–Kier alpha value is -2.37. The second-order valence-electron chi connectivity index (χ2n) is 4.33. The van der Waals surface area contributed by atoms with Gasteiger partial charge in [0.25, 0.3) is 0 Å². The molecule has 20 heavy (non-hydrogen) atoms. The topological polar surface area (TPSA) is 95.5 Å². The minimum absolute atomic E-state index is 0.0994. The highest BCUT2D eigenvalue weighted by atomic mass is 16.4. The van der Waals surface area contributed by atoms with Gasteiger partial charge in [-0.05, 0) is 24.1 Å². The first kappa shape index (κ1) is 15.7. The molecule has 0 unspecified atom stereocenters. The van der Waals surface area contributed by atoms with Crippen LogP contribution in [0.4, 0.5) is 0 Å². The number of nitrogens with one attached hydrogen (secondary N) is 2. The molecule has 0 aromatic heterocycles. The molecule has 108 valence electrons. The van der Waals surface area contributed by atoms with Crippen LogP contribution in [0.25, 0.3) is 0 Å². The first-order chi connectivity index (χ1) is 9.49. The summed E-state index contributed by atoms with van der Waals surface area (Å²) in [6.07, 6.45) is 0.873. The summed E-state index contributed by atoms with van der Waals surface area (Å²) in [6, 6.07) is 6.45. The van der Waals surface area contributed by atoms with E-state index < -0.39 is 5.97 Å². The fraction of sp³-hybridized carbons (Fsp3) is 0.357. The van der Waals surface area contributed by atoms with E-state index in [0.717, 1.165) is 5.56 Å². The molecule has 0 bridgehead atoms. The number of aryl methyl sites for hydroxylation is 1. The van der Waals surface area contributed by atoms with Gasteiger partial charge in [-0.1, -0.05) is 12.1 Å². The third-order valence-electron chi connectivity index (χ3n) is 2.66. The van der Waals surface area contributed by atoms with Crippen LogP contribution in [0.15, 0.2) is 24.3 Å². The molecule has 0 saturated carbocycles. The van der Waals surface area contributed by atoms with Crippen molar-refractivity contribution in [3.63, 3.8) is 0 Å². The maximum absolute atomic E-state index is 11.5. The average molecular weight is 278 g/mol. The number of carbonyl (C=O) groups is 3. The lowest BCUT2D eigenvalue weighted by atomic mass is 10.1. The van der Waals surface area contributed by atoms with Gasteiger partial charge in [-0.15, -0.1) is 0 Å². The van der Waals surface area contributed by atoms with Crippen LogP contribution >= 0.6 is 0 Å². The summed E-state index contributed by atoms with van der Waals surface area (Å²) in [7, 11) is 0. The van der Waals surface area contributed by atoms with Gasteiger partial charge in [0.2, 0.25) is 11.8 Å². The number of aromatic carboxylic acids is 1. The van der Waals surface area contributed by atoms with E-state index in [-0.39, 0.29) is 17.4 Å². The second kappa shape index (κ2) is 7.93. The maximum Gasteiger partial charge on any atom is 0.335 e. The average Bonchev–Trinajstić information content (AvgIpc) is 2.41. The van der Waals surface area contributed by atoms with Gasteiger partial charge < -0.3 is 15.7 Å². The largest absolute Gasteiger partial charge is 0.478 e. The fourth-order valence-electron chi connectivity index (χ4n) is 1.60. The third kappa shape index (κ3) is 5.99. The van der Waals surface area contributed by atoms with Gasteiger partial charge in [-0.25, -0.2) is 4.79 Å². The van der Waals surface area contributed by atoms with Crippen LogP contribution in [0.3, 0.4) is 0 Å². The summed E-state index contributed by atoms with van der Waals surface area (Å²) in [5.74, 6) is -1.19. The number of carboxylic acid groups (broad SMARTS) is 1. The van der Waals surface area contributed by atoms with Gasteiger partial charge in [-0.3, -0.25) is 9.59 Å². The maximum atomic E-state index is 11.5. The molecular formula is C14H18N2O4. The molecule has 6 heteroatoms. The third-order valence-corrected chi connectivity index (χ3v) is 2.66. The molecule has 0 aliphatic carbocycles. The number of carboxylic acids is 1. The van der Waals surface area contributed by atoms with Crippen LogP contribution in [-0.4, -0.2) is 36.0 Å². The van der Waals surface area contributed by atoms with Crippen molar-refractivity contribution in [2.45, 2.75) is 19.8 Å². The number of hydrogen-bond acceptors (Lipinski definition) is 3. The number of benzene rings is 1. The standard InChI is InChI=1S/C14H18N2O4/c1-10(17)15-8-9-16-13(18)7-4-11-2-5-12(6-3-11)14(19)20/h2-3,5-6H,4,7-9H2,1H3,(H,15,17)(H,16,18)(H,19,20). The predicted octanol–water partition coefficient (Wildman–Crippen LogP) is 0.570. The number of carbonyl (C=O) groups excluding carboxylic acids is 2. The van der Waals surface area contributed by atoms with E-state index >= 15 is 0 Å². The van der Waals surface area contributed by atoms with Crippen LogP contribution in [0.5, 0.6) is 0 Å². The van der Waals surface area contributed by atoms with Gasteiger partial charge >= 0.3 is 5.97 Å². The van der Waals surface area contributed by atoms with E-state index in [9.17, 15) is 14.4 Å².